The minimum absolute atomic E-state index is 0.204. The molecule has 0 bridgehead atoms. The van der Waals surface area contributed by atoms with E-state index in [0.717, 1.165) is 9.17 Å². The average molecular weight is 398 g/mol. The number of amides is 1. The fourth-order valence-corrected chi connectivity index (χ4v) is 3.35. The molecule has 0 aliphatic rings. The number of rotatable bonds is 3. The molecule has 3 aromatic rings. The quantitative estimate of drug-likeness (QED) is 0.456. The number of hydrogen-bond acceptors (Lipinski definition) is 5. The van der Waals surface area contributed by atoms with Gasteiger partial charge in [0.1, 0.15) is 5.52 Å². The van der Waals surface area contributed by atoms with Gasteiger partial charge in [-0.15, -0.1) is 0 Å². The number of nitrogens with zero attached hydrogens (tertiary/aromatic N) is 1. The molecule has 5 nitrogen and oxygen atoms in total. The number of nitrogens with one attached hydrogen (secondary N) is 2. The van der Waals surface area contributed by atoms with Gasteiger partial charge in [-0.3, -0.25) is 10.2 Å². The summed E-state index contributed by atoms with van der Waals surface area (Å²) in [5.41, 5.74) is 4.32. The summed E-state index contributed by atoms with van der Waals surface area (Å²) in [7, 11) is 0. The van der Waals surface area contributed by atoms with Gasteiger partial charge in [-0.1, -0.05) is 38.9 Å². The number of hydrazine groups is 1. The van der Waals surface area contributed by atoms with Crippen molar-refractivity contribution >= 4 is 65.8 Å². The van der Waals surface area contributed by atoms with Crippen molar-refractivity contribution in [1.82, 2.24) is 4.98 Å². The van der Waals surface area contributed by atoms with E-state index in [1.54, 1.807) is 18.2 Å². The van der Waals surface area contributed by atoms with Crippen LogP contribution in [0.3, 0.4) is 0 Å². The number of nitrogens with two attached hydrogens (primary N) is 1. The maximum Gasteiger partial charge on any atom is 0.255 e. The van der Waals surface area contributed by atoms with Crippen LogP contribution in [-0.4, -0.2) is 10.9 Å². The van der Waals surface area contributed by atoms with Crippen molar-refractivity contribution in [3.05, 3.63) is 51.5 Å². The molecule has 1 aromatic heterocycles. The van der Waals surface area contributed by atoms with Crippen molar-refractivity contribution in [3.8, 4) is 0 Å². The van der Waals surface area contributed by atoms with Crippen molar-refractivity contribution in [2.24, 2.45) is 5.84 Å². The molecular formula is C14H10BrClN4OS. The molecule has 0 fully saturated rings. The van der Waals surface area contributed by atoms with E-state index in [9.17, 15) is 4.79 Å². The van der Waals surface area contributed by atoms with Gasteiger partial charge in [-0.05, 0) is 36.4 Å². The number of thiazole rings is 1. The SMILES string of the molecule is NNc1nc2c(Cl)cc(NC(=O)c3ccc(Br)cc3)cc2s1. The van der Waals surface area contributed by atoms with E-state index >= 15 is 0 Å². The first-order valence-corrected chi connectivity index (χ1v) is 8.19. The number of hydrogen-bond donors (Lipinski definition) is 3. The van der Waals surface area contributed by atoms with Gasteiger partial charge in [-0.25, -0.2) is 10.8 Å². The molecule has 0 aliphatic heterocycles. The van der Waals surface area contributed by atoms with Gasteiger partial charge < -0.3 is 5.32 Å². The van der Waals surface area contributed by atoms with E-state index in [1.807, 2.05) is 18.2 Å². The summed E-state index contributed by atoms with van der Waals surface area (Å²) >= 11 is 10.9. The van der Waals surface area contributed by atoms with Crippen LogP contribution in [0.25, 0.3) is 10.2 Å². The smallest absolute Gasteiger partial charge is 0.255 e. The Bertz CT molecular complexity index is 850. The van der Waals surface area contributed by atoms with E-state index in [2.05, 4.69) is 31.7 Å². The number of anilines is 2. The molecular weight excluding hydrogens is 388 g/mol. The molecule has 2 aromatic carbocycles. The van der Waals surface area contributed by atoms with Gasteiger partial charge in [0.15, 0.2) is 5.13 Å². The number of nitrogen functional groups attached to an aromatic ring is 1. The summed E-state index contributed by atoms with van der Waals surface area (Å²) in [5, 5.41) is 3.85. The summed E-state index contributed by atoms with van der Waals surface area (Å²) in [4.78, 5) is 16.5. The van der Waals surface area contributed by atoms with E-state index in [0.29, 0.717) is 26.9 Å². The molecule has 0 saturated carbocycles. The van der Waals surface area contributed by atoms with Crippen LogP contribution in [0.15, 0.2) is 40.9 Å². The van der Waals surface area contributed by atoms with Gasteiger partial charge in [-0.2, -0.15) is 0 Å². The molecule has 0 spiro atoms. The van der Waals surface area contributed by atoms with E-state index in [4.69, 9.17) is 17.4 Å². The highest BCUT2D eigenvalue weighted by Crippen LogP contribution is 2.33. The lowest BCUT2D eigenvalue weighted by atomic mass is 10.2. The lowest BCUT2D eigenvalue weighted by Crippen LogP contribution is -2.11. The summed E-state index contributed by atoms with van der Waals surface area (Å²) in [6.07, 6.45) is 0. The first-order valence-electron chi connectivity index (χ1n) is 6.20. The highest BCUT2D eigenvalue weighted by atomic mass is 79.9. The molecule has 4 N–H and O–H groups in total. The second-order valence-electron chi connectivity index (χ2n) is 4.43. The topological polar surface area (TPSA) is 80.0 Å². The third-order valence-electron chi connectivity index (χ3n) is 2.94. The number of benzene rings is 2. The molecule has 1 heterocycles. The predicted octanol–water partition coefficient (Wildman–Crippen LogP) is 4.25. The van der Waals surface area contributed by atoms with Crippen LogP contribution in [0.5, 0.6) is 0 Å². The molecule has 8 heteroatoms. The molecule has 0 atom stereocenters. The zero-order valence-electron chi connectivity index (χ0n) is 11.1. The number of carbonyl (C=O) groups is 1. The van der Waals surface area contributed by atoms with Crippen LogP contribution >= 0.6 is 38.9 Å². The van der Waals surface area contributed by atoms with E-state index in [-0.39, 0.29) is 5.91 Å². The monoisotopic (exact) mass is 396 g/mol. The molecule has 0 radical (unpaired) electrons. The van der Waals surface area contributed by atoms with Gasteiger partial charge in [0.25, 0.3) is 5.91 Å². The molecule has 0 saturated heterocycles. The first kappa shape index (κ1) is 15.2. The largest absolute Gasteiger partial charge is 0.322 e. The van der Waals surface area contributed by atoms with Crippen LogP contribution in [0.4, 0.5) is 10.8 Å². The molecule has 22 heavy (non-hydrogen) atoms. The summed E-state index contributed by atoms with van der Waals surface area (Å²) in [5.74, 6) is 5.15. The van der Waals surface area contributed by atoms with Crippen LogP contribution in [0, 0.1) is 0 Å². The van der Waals surface area contributed by atoms with Crippen molar-refractivity contribution < 1.29 is 4.79 Å². The van der Waals surface area contributed by atoms with Crippen molar-refractivity contribution in [3.63, 3.8) is 0 Å². The summed E-state index contributed by atoms with van der Waals surface area (Å²) in [6, 6.07) is 10.6. The minimum Gasteiger partial charge on any atom is -0.322 e. The second kappa shape index (κ2) is 6.21. The minimum atomic E-state index is -0.204. The Morgan fingerprint density at radius 3 is 2.68 bits per heavy atom. The van der Waals surface area contributed by atoms with Crippen LogP contribution in [0.1, 0.15) is 10.4 Å². The van der Waals surface area contributed by atoms with Crippen molar-refractivity contribution in [1.29, 1.82) is 0 Å². The lowest BCUT2D eigenvalue weighted by Gasteiger charge is -2.06. The number of fused-ring (bicyclic) bond motifs is 1. The fourth-order valence-electron chi connectivity index (χ4n) is 1.93. The standard InChI is InChI=1S/C14H10BrClN4OS/c15-8-3-1-7(2-4-8)13(21)18-9-5-10(16)12-11(6-9)22-14(19-12)20-17/h1-6H,17H2,(H,18,21)(H,19,20). The Labute approximate surface area is 143 Å². The molecule has 1 amide bonds. The summed E-state index contributed by atoms with van der Waals surface area (Å²) in [6.45, 7) is 0. The van der Waals surface area contributed by atoms with Gasteiger partial charge in [0.2, 0.25) is 0 Å². The zero-order valence-corrected chi connectivity index (χ0v) is 14.2. The van der Waals surface area contributed by atoms with Crippen LogP contribution < -0.4 is 16.6 Å². The maximum absolute atomic E-state index is 12.2. The number of halogens is 2. The highest BCUT2D eigenvalue weighted by molar-refractivity contribution is 9.10. The molecule has 112 valence electrons. The Morgan fingerprint density at radius 2 is 2.00 bits per heavy atom. The predicted molar refractivity (Wildman–Crippen MR) is 94.5 cm³/mol. The third kappa shape index (κ3) is 3.07. The van der Waals surface area contributed by atoms with Crippen molar-refractivity contribution in [2.75, 3.05) is 10.7 Å². The van der Waals surface area contributed by atoms with E-state index < -0.39 is 0 Å². The Kier molecular flexibility index (Phi) is 4.30. The maximum atomic E-state index is 12.2. The molecule has 0 unspecified atom stereocenters. The third-order valence-corrected chi connectivity index (χ3v) is 4.69. The molecule has 0 aliphatic carbocycles. The number of carbonyl (C=O) groups excluding carboxylic acids is 1. The molecule has 3 rings (SSSR count). The Balaban J connectivity index is 1.90. The van der Waals surface area contributed by atoms with Gasteiger partial charge >= 0.3 is 0 Å². The normalized spacial score (nSPS) is 10.7. The zero-order chi connectivity index (χ0) is 15.7. The van der Waals surface area contributed by atoms with Crippen LogP contribution in [-0.2, 0) is 0 Å². The lowest BCUT2D eigenvalue weighted by molar-refractivity contribution is 0.102. The Morgan fingerprint density at radius 1 is 1.27 bits per heavy atom. The average Bonchev–Trinajstić information content (AvgIpc) is 2.91. The van der Waals surface area contributed by atoms with Crippen LogP contribution in [0.2, 0.25) is 5.02 Å². The summed E-state index contributed by atoms with van der Waals surface area (Å²) < 4.78 is 1.76. The van der Waals surface area contributed by atoms with E-state index in [1.165, 1.54) is 11.3 Å². The second-order valence-corrected chi connectivity index (χ2v) is 6.78. The van der Waals surface area contributed by atoms with Gasteiger partial charge in [0.05, 0.1) is 9.72 Å². The highest BCUT2D eigenvalue weighted by Gasteiger charge is 2.11. The first-order chi connectivity index (χ1) is 10.6. The fraction of sp³-hybridized carbons (Fsp3) is 0. The Hall–Kier alpha value is -1.67. The van der Waals surface area contributed by atoms with Gasteiger partial charge in [0, 0.05) is 15.7 Å². The number of aromatic nitrogens is 1. The van der Waals surface area contributed by atoms with Crippen molar-refractivity contribution in [2.45, 2.75) is 0 Å².